The molecule has 30 heavy (non-hydrogen) atoms. The molecule has 160 valence electrons. The van der Waals surface area contributed by atoms with Crippen molar-refractivity contribution in [2.75, 3.05) is 12.4 Å². The van der Waals surface area contributed by atoms with Crippen LogP contribution in [0, 0.1) is 6.92 Å². The zero-order chi connectivity index (χ0) is 21.7. The van der Waals surface area contributed by atoms with Gasteiger partial charge < -0.3 is 11.1 Å². The quantitative estimate of drug-likeness (QED) is 0.579. The highest BCUT2D eigenvalue weighted by molar-refractivity contribution is 8.23. The smallest absolute Gasteiger partial charge is 0.274 e. The van der Waals surface area contributed by atoms with Gasteiger partial charge >= 0.3 is 0 Å². The molecule has 0 saturated carbocycles. The van der Waals surface area contributed by atoms with E-state index in [0.29, 0.717) is 17.8 Å². The number of nitrogens with two attached hydrogens (primary N) is 1. The van der Waals surface area contributed by atoms with Crippen molar-refractivity contribution < 1.29 is 13.9 Å². The number of rotatable bonds is 2. The van der Waals surface area contributed by atoms with E-state index >= 15 is 0 Å². The molecule has 1 aromatic heterocycles. The van der Waals surface area contributed by atoms with Crippen LogP contribution in [0.2, 0.25) is 0 Å². The molecular weight excluding hydrogens is 402 g/mol. The lowest BCUT2D eigenvalue weighted by atomic mass is 9.86. The number of aliphatic imine (C=N–C) groups is 1. The number of aromatic nitrogens is 1. The molecule has 1 aliphatic heterocycles. The van der Waals surface area contributed by atoms with E-state index in [1.54, 1.807) is 19.3 Å². The van der Waals surface area contributed by atoms with Gasteiger partial charge in [0.15, 0.2) is 0 Å². The van der Waals surface area contributed by atoms with Crippen molar-refractivity contribution in [1.82, 2.24) is 9.29 Å². The number of nitrogens with zero attached hydrogens (tertiary/aromatic N) is 3. The molecule has 0 unspecified atom stereocenters. The summed E-state index contributed by atoms with van der Waals surface area (Å²) in [5, 5.41) is 2.40. The molecular formula is C21H27N5O3S. The fraction of sp³-hybridized carbons (Fsp3) is 0.381. The number of hydrogen-bond donors (Lipinski definition) is 4. The third kappa shape index (κ3) is 3.32. The van der Waals surface area contributed by atoms with E-state index in [2.05, 4.69) is 10.3 Å². The van der Waals surface area contributed by atoms with Crippen LogP contribution < -0.4 is 11.1 Å². The van der Waals surface area contributed by atoms with Crippen molar-refractivity contribution in [2.24, 2.45) is 10.7 Å². The lowest BCUT2D eigenvalue weighted by Gasteiger charge is -2.55. The lowest BCUT2D eigenvalue weighted by Crippen LogP contribution is -2.53. The van der Waals surface area contributed by atoms with Gasteiger partial charge in [-0.3, -0.25) is 18.9 Å². The Labute approximate surface area is 177 Å². The van der Waals surface area contributed by atoms with Gasteiger partial charge in [0.05, 0.1) is 5.25 Å². The van der Waals surface area contributed by atoms with Crippen LogP contribution in [0.5, 0.6) is 0 Å². The minimum Gasteiger partial charge on any atom is -0.369 e. The average molecular weight is 430 g/mol. The number of benzene rings is 1. The Balaban J connectivity index is 1.74. The highest BCUT2D eigenvalue weighted by atomic mass is 32.3. The van der Waals surface area contributed by atoms with Gasteiger partial charge in [-0.15, -0.1) is 10.8 Å². The molecule has 4 rings (SSSR count). The van der Waals surface area contributed by atoms with E-state index in [1.807, 2.05) is 38.1 Å². The Kier molecular flexibility index (Phi) is 5.00. The van der Waals surface area contributed by atoms with Crippen molar-refractivity contribution >= 4 is 28.3 Å². The largest absolute Gasteiger partial charge is 0.369 e. The fourth-order valence-electron chi connectivity index (χ4n) is 4.31. The van der Waals surface area contributed by atoms with Gasteiger partial charge in [0.1, 0.15) is 11.2 Å². The number of pyridine rings is 1. The summed E-state index contributed by atoms with van der Waals surface area (Å²) < 4.78 is 23.2. The molecule has 5 N–H and O–H groups in total. The fourth-order valence-corrected chi connectivity index (χ4v) is 6.28. The van der Waals surface area contributed by atoms with Crippen LogP contribution in [-0.4, -0.2) is 42.6 Å². The molecule has 0 fully saturated rings. The predicted octanol–water partition coefficient (Wildman–Crippen LogP) is 3.49. The number of anilines is 1. The van der Waals surface area contributed by atoms with Gasteiger partial charge in [-0.2, -0.15) is 0 Å². The van der Waals surface area contributed by atoms with Gasteiger partial charge in [0.2, 0.25) is 5.96 Å². The van der Waals surface area contributed by atoms with Crippen LogP contribution in [0.1, 0.15) is 46.9 Å². The normalized spacial score (nSPS) is 26.0. The third-order valence-electron chi connectivity index (χ3n) is 6.05. The average Bonchev–Trinajstić information content (AvgIpc) is 2.84. The number of aryl methyl sites for hydroxylation is 2. The molecule has 0 saturated heterocycles. The maximum absolute atomic E-state index is 12.6. The topological polar surface area (TPSA) is 124 Å². The summed E-state index contributed by atoms with van der Waals surface area (Å²) in [5.41, 5.74) is 9.00. The number of carbonyl (C=O) groups is 1. The highest BCUT2D eigenvalue weighted by Gasteiger charge is 2.51. The Morgan fingerprint density at radius 2 is 2.10 bits per heavy atom. The first-order valence-corrected chi connectivity index (χ1v) is 11.4. The van der Waals surface area contributed by atoms with E-state index in [-0.39, 0.29) is 11.9 Å². The second-order valence-electron chi connectivity index (χ2n) is 8.10. The Morgan fingerprint density at radius 1 is 1.33 bits per heavy atom. The molecule has 0 radical (unpaired) electrons. The lowest BCUT2D eigenvalue weighted by molar-refractivity contribution is 0.102. The highest BCUT2D eigenvalue weighted by Crippen LogP contribution is 2.60. The van der Waals surface area contributed by atoms with Gasteiger partial charge in [-0.25, -0.2) is 9.30 Å². The van der Waals surface area contributed by atoms with Crippen LogP contribution in [0.25, 0.3) is 0 Å². The standard InChI is InChI=1S/C21H27N5O3S/c1-13-7-10-17(23-12-13)19(27)24-15-9-8-14-5-4-6-18-21(2,16(14)11-15)25-20(22)26(3)30(18,28)29/h7-12,18,28-29H,4-6H2,1-3H3,(H2,22,25)(H,24,27)/t18-,21+/m0/s1. The first-order chi connectivity index (χ1) is 14.1. The van der Waals surface area contributed by atoms with E-state index in [0.717, 1.165) is 29.5 Å². The van der Waals surface area contributed by atoms with E-state index in [9.17, 15) is 13.9 Å². The number of carbonyl (C=O) groups excluding carboxylic acids is 1. The van der Waals surface area contributed by atoms with Crippen LogP contribution in [-0.2, 0) is 12.0 Å². The van der Waals surface area contributed by atoms with Crippen molar-refractivity contribution in [1.29, 1.82) is 0 Å². The number of amides is 1. The first-order valence-electron chi connectivity index (χ1n) is 9.86. The van der Waals surface area contributed by atoms with Crippen molar-refractivity contribution in [2.45, 2.75) is 43.9 Å². The molecule has 2 aromatic rings. The second-order valence-corrected chi connectivity index (χ2v) is 10.3. The van der Waals surface area contributed by atoms with Crippen LogP contribution in [0.15, 0.2) is 41.5 Å². The molecule has 0 spiro atoms. The predicted molar refractivity (Wildman–Crippen MR) is 120 cm³/mol. The van der Waals surface area contributed by atoms with Gasteiger partial charge in [0, 0.05) is 18.9 Å². The minimum absolute atomic E-state index is 0.0971. The Morgan fingerprint density at radius 3 is 2.80 bits per heavy atom. The number of guanidine groups is 1. The van der Waals surface area contributed by atoms with Crippen molar-refractivity contribution in [3.05, 3.63) is 58.9 Å². The number of fused-ring (bicyclic) bond motifs is 3. The summed E-state index contributed by atoms with van der Waals surface area (Å²) in [7, 11) is -1.58. The molecule has 1 amide bonds. The van der Waals surface area contributed by atoms with Crippen molar-refractivity contribution in [3.8, 4) is 0 Å². The molecule has 2 aliphatic rings. The zero-order valence-electron chi connectivity index (χ0n) is 17.3. The SMILES string of the molecule is Cc1ccc(C(=O)Nc2ccc3c(c2)[C@@]2(C)N=C(N)N(C)S(O)(O)[C@H]2CCC3)nc1. The number of nitrogens with one attached hydrogen (secondary N) is 1. The summed E-state index contributed by atoms with van der Waals surface area (Å²) in [6.45, 7) is 3.80. The number of hydrogen-bond acceptors (Lipinski definition) is 7. The monoisotopic (exact) mass is 429 g/mol. The van der Waals surface area contributed by atoms with Crippen molar-refractivity contribution in [3.63, 3.8) is 0 Å². The zero-order valence-corrected chi connectivity index (χ0v) is 18.1. The molecule has 2 atom stereocenters. The van der Waals surface area contributed by atoms with Crippen LogP contribution in [0.3, 0.4) is 0 Å². The van der Waals surface area contributed by atoms with E-state index < -0.39 is 21.6 Å². The third-order valence-corrected chi connectivity index (χ3v) is 8.50. The van der Waals surface area contributed by atoms with E-state index in [4.69, 9.17) is 10.7 Å². The van der Waals surface area contributed by atoms with Crippen LogP contribution >= 0.6 is 10.8 Å². The minimum atomic E-state index is -3.14. The Bertz CT molecular complexity index is 1020. The molecule has 0 bridgehead atoms. The molecule has 8 nitrogen and oxygen atoms in total. The maximum Gasteiger partial charge on any atom is 0.274 e. The van der Waals surface area contributed by atoms with Gasteiger partial charge in [0.25, 0.3) is 5.91 Å². The Hall–Kier alpha value is -2.62. The van der Waals surface area contributed by atoms with Gasteiger partial charge in [-0.1, -0.05) is 12.1 Å². The molecule has 1 aromatic carbocycles. The summed E-state index contributed by atoms with van der Waals surface area (Å²) in [6, 6.07) is 9.22. The first kappa shape index (κ1) is 20.6. The summed E-state index contributed by atoms with van der Waals surface area (Å²) in [5.74, 6) is -0.208. The maximum atomic E-state index is 12.6. The van der Waals surface area contributed by atoms with Crippen LogP contribution in [0.4, 0.5) is 5.69 Å². The molecule has 1 aliphatic carbocycles. The van der Waals surface area contributed by atoms with E-state index in [1.165, 1.54) is 4.31 Å². The summed E-state index contributed by atoms with van der Waals surface area (Å²) >= 11 is 0. The second kappa shape index (κ2) is 7.26. The van der Waals surface area contributed by atoms with Gasteiger partial charge in [-0.05, 0) is 68.0 Å². The molecule has 2 heterocycles. The summed E-state index contributed by atoms with van der Waals surface area (Å²) in [4.78, 5) is 21.5. The summed E-state index contributed by atoms with van der Waals surface area (Å²) in [6.07, 6.45) is 3.87. The molecule has 9 heteroatoms.